The second kappa shape index (κ2) is 9.43. The van der Waals surface area contributed by atoms with Gasteiger partial charge in [0.15, 0.2) is 17.5 Å². The van der Waals surface area contributed by atoms with Crippen molar-refractivity contribution in [3.63, 3.8) is 0 Å². The minimum absolute atomic E-state index is 0.0409. The molecule has 3 rings (SSSR count). The Morgan fingerprint density at radius 1 is 0.967 bits per heavy atom. The summed E-state index contributed by atoms with van der Waals surface area (Å²) in [6, 6.07) is 10.9. The summed E-state index contributed by atoms with van der Waals surface area (Å²) in [4.78, 5) is 37.9. The van der Waals surface area contributed by atoms with Gasteiger partial charge in [-0.1, -0.05) is 30.3 Å². The second-order valence-corrected chi connectivity index (χ2v) is 6.93. The van der Waals surface area contributed by atoms with Gasteiger partial charge in [-0.2, -0.15) is 0 Å². The lowest BCUT2D eigenvalue weighted by Crippen LogP contribution is -2.38. The summed E-state index contributed by atoms with van der Waals surface area (Å²) in [7, 11) is 0. The molecule has 2 aromatic carbocycles. The number of hydrogen-bond acceptors (Lipinski definition) is 3. The first kappa shape index (κ1) is 21.4. The van der Waals surface area contributed by atoms with Crippen LogP contribution in [0, 0.1) is 23.4 Å². The predicted octanol–water partition coefficient (Wildman–Crippen LogP) is 2.00. The van der Waals surface area contributed by atoms with Gasteiger partial charge < -0.3 is 15.5 Å². The maximum atomic E-state index is 13.6. The fourth-order valence-electron chi connectivity index (χ4n) is 3.21. The zero-order chi connectivity index (χ0) is 21.7. The molecule has 1 fully saturated rings. The average molecular weight is 419 g/mol. The van der Waals surface area contributed by atoms with Crippen LogP contribution in [0.3, 0.4) is 0 Å². The molecule has 6 nitrogen and oxygen atoms in total. The third-order valence-electron chi connectivity index (χ3n) is 4.79. The molecule has 0 spiro atoms. The van der Waals surface area contributed by atoms with E-state index in [0.717, 1.165) is 11.6 Å². The molecule has 0 saturated carbocycles. The molecular formula is C21H20F3N3O3. The van der Waals surface area contributed by atoms with E-state index in [2.05, 4.69) is 10.6 Å². The maximum absolute atomic E-state index is 13.6. The molecular weight excluding hydrogens is 399 g/mol. The van der Waals surface area contributed by atoms with E-state index in [1.54, 1.807) is 4.90 Å². The van der Waals surface area contributed by atoms with Crippen molar-refractivity contribution in [1.82, 2.24) is 15.5 Å². The van der Waals surface area contributed by atoms with E-state index < -0.39 is 34.8 Å². The maximum Gasteiger partial charge on any atom is 0.254 e. The standard InChI is InChI=1S/C21H20F3N3O3/c22-16-7-6-15(18(23)19(16)24)21(30)26-9-8-25-20(29)14-10-17(28)27(12-14)11-13-4-2-1-3-5-13/h1-7,14H,8-12H2,(H,25,29)(H,26,30). The van der Waals surface area contributed by atoms with E-state index in [1.165, 1.54) is 0 Å². The fraction of sp³-hybridized carbons (Fsp3) is 0.286. The van der Waals surface area contributed by atoms with E-state index in [0.29, 0.717) is 19.2 Å². The first-order valence-corrected chi connectivity index (χ1v) is 9.38. The van der Waals surface area contributed by atoms with Gasteiger partial charge in [-0.25, -0.2) is 13.2 Å². The molecule has 0 bridgehead atoms. The summed E-state index contributed by atoms with van der Waals surface area (Å²) in [6.45, 7) is 0.724. The highest BCUT2D eigenvalue weighted by atomic mass is 19.2. The Morgan fingerprint density at radius 3 is 2.40 bits per heavy atom. The first-order chi connectivity index (χ1) is 14.4. The summed E-state index contributed by atoms with van der Waals surface area (Å²) in [5.74, 6) is -6.54. The zero-order valence-corrected chi connectivity index (χ0v) is 16.0. The van der Waals surface area contributed by atoms with Gasteiger partial charge in [0.25, 0.3) is 5.91 Å². The van der Waals surface area contributed by atoms with Crippen LogP contribution in [0.25, 0.3) is 0 Å². The number of halogens is 3. The van der Waals surface area contributed by atoms with Gasteiger partial charge in [-0.05, 0) is 17.7 Å². The summed E-state index contributed by atoms with van der Waals surface area (Å²) in [5.41, 5.74) is 0.345. The molecule has 1 aliphatic rings. The topological polar surface area (TPSA) is 78.5 Å². The van der Waals surface area contributed by atoms with Gasteiger partial charge >= 0.3 is 0 Å². The van der Waals surface area contributed by atoms with Gasteiger partial charge in [-0.3, -0.25) is 14.4 Å². The van der Waals surface area contributed by atoms with E-state index >= 15 is 0 Å². The van der Waals surface area contributed by atoms with Crippen molar-refractivity contribution in [1.29, 1.82) is 0 Å². The molecule has 1 saturated heterocycles. The number of likely N-dealkylation sites (tertiary alicyclic amines) is 1. The van der Waals surface area contributed by atoms with Crippen LogP contribution in [-0.2, 0) is 16.1 Å². The number of nitrogens with one attached hydrogen (secondary N) is 2. The minimum Gasteiger partial charge on any atom is -0.354 e. The molecule has 2 aromatic rings. The molecule has 2 N–H and O–H groups in total. The van der Waals surface area contributed by atoms with Gasteiger partial charge in [-0.15, -0.1) is 0 Å². The number of carbonyl (C=O) groups is 3. The third-order valence-corrected chi connectivity index (χ3v) is 4.79. The van der Waals surface area contributed by atoms with Crippen molar-refractivity contribution in [2.24, 2.45) is 5.92 Å². The number of benzene rings is 2. The number of rotatable bonds is 7. The largest absolute Gasteiger partial charge is 0.354 e. The lowest BCUT2D eigenvalue weighted by Gasteiger charge is -2.16. The monoisotopic (exact) mass is 419 g/mol. The van der Waals surface area contributed by atoms with Crippen LogP contribution in [0.5, 0.6) is 0 Å². The van der Waals surface area contributed by atoms with Crippen molar-refractivity contribution in [3.8, 4) is 0 Å². The Hall–Kier alpha value is -3.36. The quantitative estimate of drug-likeness (QED) is 0.532. The Labute approximate surface area is 171 Å². The van der Waals surface area contributed by atoms with Crippen molar-refractivity contribution in [2.75, 3.05) is 19.6 Å². The molecule has 1 heterocycles. The molecule has 1 aliphatic heterocycles. The average Bonchev–Trinajstić information content (AvgIpc) is 3.10. The number of nitrogens with zero attached hydrogens (tertiary/aromatic N) is 1. The number of hydrogen-bond donors (Lipinski definition) is 2. The molecule has 9 heteroatoms. The Bertz CT molecular complexity index is 953. The van der Waals surface area contributed by atoms with Crippen LogP contribution in [0.1, 0.15) is 22.3 Å². The highest BCUT2D eigenvalue weighted by Gasteiger charge is 2.34. The smallest absolute Gasteiger partial charge is 0.254 e. The first-order valence-electron chi connectivity index (χ1n) is 9.38. The molecule has 30 heavy (non-hydrogen) atoms. The predicted molar refractivity (Wildman–Crippen MR) is 102 cm³/mol. The molecule has 1 atom stereocenters. The highest BCUT2D eigenvalue weighted by Crippen LogP contribution is 2.20. The van der Waals surface area contributed by atoms with Crippen molar-refractivity contribution >= 4 is 17.7 Å². The van der Waals surface area contributed by atoms with Gasteiger partial charge in [0.1, 0.15) is 0 Å². The van der Waals surface area contributed by atoms with Crippen LogP contribution in [0.15, 0.2) is 42.5 Å². The van der Waals surface area contributed by atoms with Crippen molar-refractivity contribution in [3.05, 3.63) is 71.0 Å². The van der Waals surface area contributed by atoms with Crippen LogP contribution < -0.4 is 10.6 Å². The minimum atomic E-state index is -1.72. The van der Waals surface area contributed by atoms with Crippen LogP contribution in [0.4, 0.5) is 13.2 Å². The van der Waals surface area contributed by atoms with E-state index in [-0.39, 0.29) is 31.3 Å². The molecule has 0 aromatic heterocycles. The van der Waals surface area contributed by atoms with Crippen LogP contribution >= 0.6 is 0 Å². The van der Waals surface area contributed by atoms with E-state index in [4.69, 9.17) is 0 Å². The lowest BCUT2D eigenvalue weighted by molar-refractivity contribution is -0.129. The second-order valence-electron chi connectivity index (χ2n) is 6.93. The summed E-state index contributed by atoms with van der Waals surface area (Å²) in [6.07, 6.45) is 0.102. The summed E-state index contributed by atoms with van der Waals surface area (Å²) >= 11 is 0. The molecule has 3 amide bonds. The molecule has 0 radical (unpaired) electrons. The molecule has 158 valence electrons. The molecule has 0 aliphatic carbocycles. The van der Waals surface area contributed by atoms with Crippen molar-refractivity contribution in [2.45, 2.75) is 13.0 Å². The van der Waals surface area contributed by atoms with Gasteiger partial charge in [0.2, 0.25) is 11.8 Å². The van der Waals surface area contributed by atoms with Crippen LogP contribution in [-0.4, -0.2) is 42.3 Å². The number of amides is 3. The third kappa shape index (κ3) is 4.97. The number of carbonyl (C=O) groups excluding carboxylic acids is 3. The zero-order valence-electron chi connectivity index (χ0n) is 16.0. The Kier molecular flexibility index (Phi) is 6.71. The lowest BCUT2D eigenvalue weighted by atomic mass is 10.1. The summed E-state index contributed by atoms with van der Waals surface area (Å²) in [5, 5.41) is 4.93. The van der Waals surface area contributed by atoms with Gasteiger partial charge in [0, 0.05) is 32.6 Å². The SMILES string of the molecule is O=C(NCCNC(=O)C1CC(=O)N(Cc2ccccc2)C1)c1ccc(F)c(F)c1F. The van der Waals surface area contributed by atoms with E-state index in [1.807, 2.05) is 30.3 Å². The van der Waals surface area contributed by atoms with Crippen molar-refractivity contribution < 1.29 is 27.6 Å². The Balaban J connectivity index is 1.43. The highest BCUT2D eigenvalue weighted by molar-refractivity contribution is 5.94. The van der Waals surface area contributed by atoms with E-state index in [9.17, 15) is 27.6 Å². The summed E-state index contributed by atoms with van der Waals surface area (Å²) < 4.78 is 39.7. The molecule has 1 unspecified atom stereocenters. The van der Waals surface area contributed by atoms with Gasteiger partial charge in [0.05, 0.1) is 11.5 Å². The normalized spacial score (nSPS) is 15.9. The Morgan fingerprint density at radius 2 is 1.67 bits per heavy atom. The van der Waals surface area contributed by atoms with Crippen LogP contribution in [0.2, 0.25) is 0 Å². The fourth-order valence-corrected chi connectivity index (χ4v) is 3.21.